The van der Waals surface area contributed by atoms with Crippen LogP contribution in [0.5, 0.6) is 5.75 Å². The Labute approximate surface area is 98.3 Å². The Morgan fingerprint density at radius 3 is 2.19 bits per heavy atom. The van der Waals surface area contributed by atoms with Gasteiger partial charge in [0.25, 0.3) is 0 Å². The van der Waals surface area contributed by atoms with Gasteiger partial charge in [0.15, 0.2) is 0 Å². The highest BCUT2D eigenvalue weighted by Gasteiger charge is 2.17. The van der Waals surface area contributed by atoms with Crippen LogP contribution < -0.4 is 4.74 Å². The fraction of sp³-hybridized carbons (Fsp3) is 0.571. The van der Waals surface area contributed by atoms with E-state index >= 15 is 0 Å². The molecule has 0 atom stereocenters. The van der Waals surface area contributed by atoms with E-state index in [0.29, 0.717) is 5.92 Å². The molecule has 0 spiro atoms. The molecule has 0 aliphatic carbocycles. The molecule has 0 amide bonds. The van der Waals surface area contributed by atoms with Crippen LogP contribution in [0.15, 0.2) is 24.3 Å². The van der Waals surface area contributed by atoms with Gasteiger partial charge in [0.1, 0.15) is 11.4 Å². The highest BCUT2D eigenvalue weighted by atomic mass is 16.5. The van der Waals surface area contributed by atoms with Crippen LogP contribution in [0.3, 0.4) is 0 Å². The van der Waals surface area contributed by atoms with Gasteiger partial charge in [-0.2, -0.15) is 0 Å². The van der Waals surface area contributed by atoms with Crippen molar-refractivity contribution < 1.29 is 9.84 Å². The van der Waals surface area contributed by atoms with E-state index in [0.717, 1.165) is 12.2 Å². The minimum absolute atomic E-state index is 0.0146. The summed E-state index contributed by atoms with van der Waals surface area (Å²) in [6, 6.07) is 8.11. The van der Waals surface area contributed by atoms with Crippen molar-refractivity contribution >= 4 is 0 Å². The Morgan fingerprint density at radius 1 is 1.19 bits per heavy atom. The van der Waals surface area contributed by atoms with Gasteiger partial charge < -0.3 is 9.84 Å². The monoisotopic (exact) mass is 222 g/mol. The first-order valence-electron chi connectivity index (χ1n) is 5.82. The first-order chi connectivity index (χ1) is 7.43. The standard InChI is InChI=1S/C14H22O2/c1-11(2)9-12-5-7-13(8-6-12)16-14(3,4)10-15/h5-8,11,15H,9-10H2,1-4H3. The fourth-order valence-electron chi connectivity index (χ4n) is 1.52. The first-order valence-corrected chi connectivity index (χ1v) is 5.82. The van der Waals surface area contributed by atoms with Crippen LogP contribution in [0.1, 0.15) is 33.3 Å². The fourth-order valence-corrected chi connectivity index (χ4v) is 1.52. The number of benzene rings is 1. The maximum Gasteiger partial charge on any atom is 0.126 e. The third-order valence-corrected chi connectivity index (χ3v) is 2.34. The number of hydrogen-bond acceptors (Lipinski definition) is 2. The molecule has 0 unspecified atom stereocenters. The lowest BCUT2D eigenvalue weighted by Crippen LogP contribution is -2.32. The van der Waals surface area contributed by atoms with Crippen molar-refractivity contribution in [1.29, 1.82) is 0 Å². The molecule has 16 heavy (non-hydrogen) atoms. The summed E-state index contributed by atoms with van der Waals surface area (Å²) in [6.45, 7) is 8.17. The van der Waals surface area contributed by atoms with E-state index in [1.165, 1.54) is 5.56 Å². The molecule has 0 saturated carbocycles. The third kappa shape index (κ3) is 4.23. The molecule has 2 nitrogen and oxygen atoms in total. The Balaban J connectivity index is 2.64. The third-order valence-electron chi connectivity index (χ3n) is 2.34. The summed E-state index contributed by atoms with van der Waals surface area (Å²) in [5.41, 5.74) is 0.809. The molecule has 1 aromatic rings. The molecule has 0 radical (unpaired) electrons. The van der Waals surface area contributed by atoms with E-state index < -0.39 is 5.60 Å². The van der Waals surface area contributed by atoms with E-state index in [4.69, 9.17) is 9.84 Å². The van der Waals surface area contributed by atoms with Crippen LogP contribution in [-0.4, -0.2) is 17.3 Å². The SMILES string of the molecule is CC(C)Cc1ccc(OC(C)(C)CO)cc1. The van der Waals surface area contributed by atoms with Gasteiger partial charge in [-0.05, 0) is 43.9 Å². The maximum atomic E-state index is 9.10. The molecule has 0 fully saturated rings. The molecule has 1 N–H and O–H groups in total. The van der Waals surface area contributed by atoms with Gasteiger partial charge in [-0.15, -0.1) is 0 Å². The summed E-state index contributed by atoms with van der Waals surface area (Å²) in [5, 5.41) is 9.10. The second-order valence-electron chi connectivity index (χ2n) is 5.26. The van der Waals surface area contributed by atoms with Gasteiger partial charge in [0.2, 0.25) is 0 Å². The van der Waals surface area contributed by atoms with Gasteiger partial charge in [-0.25, -0.2) is 0 Å². The summed E-state index contributed by atoms with van der Waals surface area (Å²) in [7, 11) is 0. The van der Waals surface area contributed by atoms with Gasteiger partial charge in [-0.1, -0.05) is 26.0 Å². The minimum Gasteiger partial charge on any atom is -0.485 e. The van der Waals surface area contributed by atoms with Gasteiger partial charge in [-0.3, -0.25) is 0 Å². The average Bonchev–Trinajstić information content (AvgIpc) is 2.20. The summed E-state index contributed by atoms with van der Waals surface area (Å²) in [6.07, 6.45) is 1.09. The number of hydrogen-bond donors (Lipinski definition) is 1. The van der Waals surface area contributed by atoms with Crippen LogP contribution >= 0.6 is 0 Å². The lowest BCUT2D eigenvalue weighted by Gasteiger charge is -2.24. The molecule has 0 bridgehead atoms. The molecule has 0 aliphatic rings. The van der Waals surface area contributed by atoms with Crippen LogP contribution in [0.2, 0.25) is 0 Å². The van der Waals surface area contributed by atoms with Crippen molar-refractivity contribution in [3.8, 4) is 5.75 Å². The van der Waals surface area contributed by atoms with Crippen LogP contribution in [0.25, 0.3) is 0 Å². The van der Waals surface area contributed by atoms with E-state index in [2.05, 4.69) is 26.0 Å². The normalized spacial score (nSPS) is 11.9. The summed E-state index contributed by atoms with van der Waals surface area (Å²) < 4.78 is 5.66. The Hall–Kier alpha value is -1.02. The smallest absolute Gasteiger partial charge is 0.126 e. The number of rotatable bonds is 5. The predicted octanol–water partition coefficient (Wildman–Crippen LogP) is 3.03. The number of aliphatic hydroxyl groups excluding tert-OH is 1. The first kappa shape index (κ1) is 13.0. The molecule has 0 heterocycles. The summed E-state index contributed by atoms with van der Waals surface area (Å²) in [5.74, 6) is 1.48. The van der Waals surface area contributed by atoms with Crippen LogP contribution in [0, 0.1) is 5.92 Å². The molecule has 90 valence electrons. The number of aliphatic hydroxyl groups is 1. The second kappa shape index (κ2) is 5.35. The van der Waals surface area contributed by atoms with Gasteiger partial charge >= 0.3 is 0 Å². The molecular weight excluding hydrogens is 200 g/mol. The van der Waals surface area contributed by atoms with Crippen LogP contribution in [-0.2, 0) is 6.42 Å². The summed E-state index contributed by atoms with van der Waals surface area (Å²) in [4.78, 5) is 0. The highest BCUT2D eigenvalue weighted by Crippen LogP contribution is 2.19. The van der Waals surface area contributed by atoms with Crippen molar-refractivity contribution in [2.75, 3.05) is 6.61 Å². The Kier molecular flexibility index (Phi) is 4.36. The molecule has 0 aliphatic heterocycles. The lowest BCUT2D eigenvalue weighted by atomic mass is 10.0. The predicted molar refractivity (Wildman–Crippen MR) is 66.8 cm³/mol. The molecule has 0 saturated heterocycles. The van der Waals surface area contributed by atoms with Crippen molar-refractivity contribution in [2.24, 2.45) is 5.92 Å². The average molecular weight is 222 g/mol. The second-order valence-corrected chi connectivity index (χ2v) is 5.26. The van der Waals surface area contributed by atoms with E-state index in [1.807, 2.05) is 26.0 Å². The quantitative estimate of drug-likeness (QED) is 0.829. The van der Waals surface area contributed by atoms with Crippen molar-refractivity contribution in [3.63, 3.8) is 0 Å². The zero-order chi connectivity index (χ0) is 12.2. The lowest BCUT2D eigenvalue weighted by molar-refractivity contribution is 0.0412. The minimum atomic E-state index is -0.514. The topological polar surface area (TPSA) is 29.5 Å². The van der Waals surface area contributed by atoms with Crippen molar-refractivity contribution in [2.45, 2.75) is 39.7 Å². The molecule has 2 heteroatoms. The number of ether oxygens (including phenoxy) is 1. The molecule has 1 rings (SSSR count). The zero-order valence-electron chi connectivity index (χ0n) is 10.7. The van der Waals surface area contributed by atoms with Crippen molar-refractivity contribution in [1.82, 2.24) is 0 Å². The molecule has 1 aromatic carbocycles. The van der Waals surface area contributed by atoms with Gasteiger partial charge in [0.05, 0.1) is 6.61 Å². The largest absolute Gasteiger partial charge is 0.485 e. The van der Waals surface area contributed by atoms with E-state index in [9.17, 15) is 0 Å². The Bertz CT molecular complexity index is 312. The Morgan fingerprint density at radius 2 is 1.75 bits per heavy atom. The van der Waals surface area contributed by atoms with Gasteiger partial charge in [0, 0.05) is 0 Å². The maximum absolute atomic E-state index is 9.10. The zero-order valence-corrected chi connectivity index (χ0v) is 10.7. The van der Waals surface area contributed by atoms with E-state index in [-0.39, 0.29) is 6.61 Å². The molecular formula is C14H22O2. The van der Waals surface area contributed by atoms with Crippen LogP contribution in [0.4, 0.5) is 0 Å². The molecule has 0 aromatic heterocycles. The van der Waals surface area contributed by atoms with E-state index in [1.54, 1.807) is 0 Å². The summed E-state index contributed by atoms with van der Waals surface area (Å²) >= 11 is 0. The van der Waals surface area contributed by atoms with Crippen molar-refractivity contribution in [3.05, 3.63) is 29.8 Å². The highest BCUT2D eigenvalue weighted by molar-refractivity contribution is 5.28.